The molecule has 0 aliphatic heterocycles. The van der Waals surface area contributed by atoms with Crippen LogP contribution in [0.25, 0.3) is 0 Å². The van der Waals surface area contributed by atoms with E-state index in [9.17, 15) is 8.42 Å². The first-order valence-electron chi connectivity index (χ1n) is 5.49. The quantitative estimate of drug-likeness (QED) is 0.814. The summed E-state index contributed by atoms with van der Waals surface area (Å²) in [4.78, 5) is 4.34. The van der Waals surface area contributed by atoms with Crippen molar-refractivity contribution in [3.05, 3.63) is 24.0 Å². The summed E-state index contributed by atoms with van der Waals surface area (Å²) >= 11 is 0. The number of hydrogen-bond donors (Lipinski definition) is 0. The maximum absolute atomic E-state index is 11.4. The molecule has 0 aromatic carbocycles. The van der Waals surface area contributed by atoms with Gasteiger partial charge in [0, 0.05) is 18.6 Å². The Balaban J connectivity index is 3.28. The van der Waals surface area contributed by atoms with Crippen molar-refractivity contribution < 1.29 is 8.42 Å². The molecule has 16 heavy (non-hydrogen) atoms. The van der Waals surface area contributed by atoms with Crippen molar-refractivity contribution in [2.24, 2.45) is 0 Å². The Labute approximate surface area is 97.8 Å². The number of sulfone groups is 1. The first kappa shape index (κ1) is 13.2. The van der Waals surface area contributed by atoms with Gasteiger partial charge in [-0.25, -0.2) is 8.42 Å². The molecule has 0 spiro atoms. The highest BCUT2D eigenvalue weighted by molar-refractivity contribution is 7.90. The lowest BCUT2D eigenvalue weighted by molar-refractivity contribution is 0.436. The molecule has 0 amide bonds. The lowest BCUT2D eigenvalue weighted by Gasteiger charge is -2.27. The molecule has 1 aromatic heterocycles. The van der Waals surface area contributed by atoms with Crippen LogP contribution in [0.4, 0.5) is 0 Å². The highest BCUT2D eigenvalue weighted by Gasteiger charge is 2.23. The van der Waals surface area contributed by atoms with Crippen LogP contribution in [0.1, 0.15) is 39.2 Å². The zero-order valence-electron chi connectivity index (χ0n) is 10.3. The van der Waals surface area contributed by atoms with Gasteiger partial charge in [-0.2, -0.15) is 0 Å². The van der Waals surface area contributed by atoms with E-state index in [0.29, 0.717) is 4.90 Å². The van der Waals surface area contributed by atoms with Crippen molar-refractivity contribution in [3.63, 3.8) is 0 Å². The van der Waals surface area contributed by atoms with Crippen LogP contribution in [-0.4, -0.2) is 19.7 Å². The second-order valence-corrected chi connectivity index (χ2v) is 6.46. The molecule has 0 fully saturated rings. The second kappa shape index (κ2) is 4.53. The predicted molar refractivity (Wildman–Crippen MR) is 65.3 cm³/mol. The van der Waals surface area contributed by atoms with Crippen molar-refractivity contribution in [2.45, 2.75) is 43.9 Å². The molecule has 0 radical (unpaired) electrons. The average Bonchev–Trinajstić information content (AvgIpc) is 2.27. The van der Waals surface area contributed by atoms with E-state index < -0.39 is 9.84 Å². The van der Waals surface area contributed by atoms with Crippen LogP contribution in [0.2, 0.25) is 0 Å². The molecular weight excluding hydrogens is 222 g/mol. The van der Waals surface area contributed by atoms with Gasteiger partial charge < -0.3 is 0 Å². The Morgan fingerprint density at radius 3 is 2.25 bits per heavy atom. The van der Waals surface area contributed by atoms with Gasteiger partial charge in [0.15, 0.2) is 9.84 Å². The first-order valence-corrected chi connectivity index (χ1v) is 7.38. The maximum atomic E-state index is 11.4. The summed E-state index contributed by atoms with van der Waals surface area (Å²) in [5.74, 6) is 0. The second-order valence-electron chi connectivity index (χ2n) is 4.45. The SMILES string of the molecule is CCC(C)(CC)c1cncc(S(C)(=O)=O)c1. The van der Waals surface area contributed by atoms with Gasteiger partial charge in [-0.3, -0.25) is 4.98 Å². The standard InChI is InChI=1S/C12H19NO2S/c1-5-12(3,6-2)10-7-11(9-13-8-10)16(4,14)15/h7-9H,5-6H2,1-4H3. The zero-order valence-corrected chi connectivity index (χ0v) is 11.1. The van der Waals surface area contributed by atoms with Gasteiger partial charge in [0.05, 0.1) is 4.90 Å². The normalized spacial score (nSPS) is 12.8. The minimum Gasteiger partial charge on any atom is -0.263 e. The van der Waals surface area contributed by atoms with Gasteiger partial charge in [0.2, 0.25) is 0 Å². The molecule has 1 rings (SSSR count). The van der Waals surface area contributed by atoms with Crippen molar-refractivity contribution >= 4 is 9.84 Å². The lowest BCUT2D eigenvalue weighted by atomic mass is 9.79. The monoisotopic (exact) mass is 241 g/mol. The zero-order chi connectivity index (χ0) is 12.4. The summed E-state index contributed by atoms with van der Waals surface area (Å²) in [6.07, 6.45) is 6.33. The topological polar surface area (TPSA) is 47.0 Å². The third-order valence-electron chi connectivity index (χ3n) is 3.40. The van der Waals surface area contributed by atoms with Crippen LogP contribution in [0.3, 0.4) is 0 Å². The largest absolute Gasteiger partial charge is 0.263 e. The van der Waals surface area contributed by atoms with E-state index in [1.54, 1.807) is 12.3 Å². The molecular formula is C12H19NO2S. The summed E-state index contributed by atoms with van der Waals surface area (Å²) in [5, 5.41) is 0. The Hall–Kier alpha value is -0.900. The van der Waals surface area contributed by atoms with E-state index >= 15 is 0 Å². The molecule has 0 atom stereocenters. The lowest BCUT2D eigenvalue weighted by Crippen LogP contribution is -2.20. The number of aromatic nitrogens is 1. The summed E-state index contributed by atoms with van der Waals surface area (Å²) < 4.78 is 22.9. The number of hydrogen-bond acceptors (Lipinski definition) is 3. The molecule has 4 heteroatoms. The highest BCUT2D eigenvalue weighted by Crippen LogP contribution is 2.31. The van der Waals surface area contributed by atoms with Crippen LogP contribution in [0.5, 0.6) is 0 Å². The molecule has 0 aliphatic carbocycles. The summed E-state index contributed by atoms with van der Waals surface area (Å²) in [6.45, 7) is 6.35. The molecule has 0 bridgehead atoms. The van der Waals surface area contributed by atoms with Gasteiger partial charge >= 0.3 is 0 Å². The average molecular weight is 241 g/mol. The van der Waals surface area contributed by atoms with Crippen LogP contribution < -0.4 is 0 Å². The molecule has 90 valence electrons. The fraction of sp³-hybridized carbons (Fsp3) is 0.583. The maximum Gasteiger partial charge on any atom is 0.177 e. The van der Waals surface area contributed by atoms with E-state index in [0.717, 1.165) is 18.4 Å². The molecule has 1 aromatic rings. The fourth-order valence-corrected chi connectivity index (χ4v) is 2.20. The predicted octanol–water partition coefficient (Wildman–Crippen LogP) is 2.56. The first-order chi connectivity index (χ1) is 7.33. The molecule has 0 aliphatic rings. The molecule has 0 saturated carbocycles. The van der Waals surface area contributed by atoms with E-state index in [1.165, 1.54) is 12.5 Å². The van der Waals surface area contributed by atoms with Crippen molar-refractivity contribution in [1.29, 1.82) is 0 Å². The third-order valence-corrected chi connectivity index (χ3v) is 4.48. The van der Waals surface area contributed by atoms with E-state index in [2.05, 4.69) is 25.8 Å². The van der Waals surface area contributed by atoms with Crippen LogP contribution in [0.15, 0.2) is 23.4 Å². The van der Waals surface area contributed by atoms with Crippen LogP contribution >= 0.6 is 0 Å². The minimum atomic E-state index is -3.16. The molecule has 1 heterocycles. The van der Waals surface area contributed by atoms with Gasteiger partial charge in [0.1, 0.15) is 0 Å². The van der Waals surface area contributed by atoms with Gasteiger partial charge in [-0.1, -0.05) is 20.8 Å². The summed E-state index contributed by atoms with van der Waals surface area (Å²) in [5.41, 5.74) is 1.01. The van der Waals surface area contributed by atoms with Gasteiger partial charge in [-0.15, -0.1) is 0 Å². The molecule has 3 nitrogen and oxygen atoms in total. The summed E-state index contributed by atoms with van der Waals surface area (Å²) in [6, 6.07) is 1.75. The Bertz CT molecular complexity index is 462. The van der Waals surface area contributed by atoms with Crippen molar-refractivity contribution in [2.75, 3.05) is 6.26 Å². The smallest absolute Gasteiger partial charge is 0.177 e. The van der Waals surface area contributed by atoms with Crippen LogP contribution in [-0.2, 0) is 15.3 Å². The van der Waals surface area contributed by atoms with Crippen molar-refractivity contribution in [3.8, 4) is 0 Å². The molecule has 0 saturated heterocycles. The van der Waals surface area contributed by atoms with Gasteiger partial charge in [0.25, 0.3) is 0 Å². The van der Waals surface area contributed by atoms with E-state index in [-0.39, 0.29) is 5.41 Å². The molecule has 0 unspecified atom stereocenters. The van der Waals surface area contributed by atoms with Crippen molar-refractivity contribution in [1.82, 2.24) is 4.98 Å². The molecule has 0 N–H and O–H groups in total. The highest BCUT2D eigenvalue weighted by atomic mass is 32.2. The number of rotatable bonds is 4. The Morgan fingerprint density at radius 1 is 1.25 bits per heavy atom. The number of pyridine rings is 1. The van der Waals surface area contributed by atoms with E-state index in [1.807, 2.05) is 0 Å². The third kappa shape index (κ3) is 2.61. The Morgan fingerprint density at radius 2 is 1.81 bits per heavy atom. The van der Waals surface area contributed by atoms with E-state index in [4.69, 9.17) is 0 Å². The Kier molecular flexibility index (Phi) is 3.73. The van der Waals surface area contributed by atoms with Gasteiger partial charge in [-0.05, 0) is 29.9 Å². The summed E-state index contributed by atoms with van der Waals surface area (Å²) in [7, 11) is -3.16. The number of nitrogens with zero attached hydrogens (tertiary/aromatic N) is 1. The van der Waals surface area contributed by atoms with Crippen LogP contribution in [0, 0.1) is 0 Å². The minimum absolute atomic E-state index is 0.00764. The fourth-order valence-electron chi connectivity index (χ4n) is 1.61.